The first-order valence-electron chi connectivity index (χ1n) is 5.96. The van der Waals surface area contributed by atoms with Crippen LogP contribution in [-0.4, -0.2) is 11.7 Å². The van der Waals surface area contributed by atoms with Crippen LogP contribution >= 0.6 is 0 Å². The molecule has 0 heterocycles. The highest BCUT2D eigenvalue weighted by atomic mass is 16.3. The van der Waals surface area contributed by atoms with E-state index in [4.69, 9.17) is 0 Å². The van der Waals surface area contributed by atoms with Crippen molar-refractivity contribution in [2.75, 3.05) is 6.61 Å². The molecule has 0 aliphatic heterocycles. The molecule has 2 aliphatic carbocycles. The fraction of sp³-hybridized carbons (Fsp3) is 0.846. The summed E-state index contributed by atoms with van der Waals surface area (Å²) in [6.45, 7) is 4.95. The molecular formula is C13H22O. The lowest BCUT2D eigenvalue weighted by Gasteiger charge is -2.45. The van der Waals surface area contributed by atoms with Crippen LogP contribution in [0.3, 0.4) is 0 Å². The highest BCUT2D eigenvalue weighted by Crippen LogP contribution is 2.49. The Labute approximate surface area is 87.2 Å². The van der Waals surface area contributed by atoms with E-state index in [1.165, 1.54) is 32.1 Å². The molecule has 1 N–H and O–H groups in total. The molecule has 0 aromatic carbocycles. The molecule has 2 atom stereocenters. The van der Waals surface area contributed by atoms with Crippen molar-refractivity contribution in [1.29, 1.82) is 0 Å². The quantitative estimate of drug-likeness (QED) is 0.636. The minimum absolute atomic E-state index is 0.314. The molecule has 0 bridgehead atoms. The van der Waals surface area contributed by atoms with E-state index in [2.05, 4.69) is 19.9 Å². The summed E-state index contributed by atoms with van der Waals surface area (Å²) in [7, 11) is 0. The third-order valence-electron chi connectivity index (χ3n) is 4.27. The molecule has 0 amide bonds. The van der Waals surface area contributed by atoms with E-state index in [0.29, 0.717) is 17.9 Å². The first-order valence-corrected chi connectivity index (χ1v) is 5.96. The van der Waals surface area contributed by atoms with Crippen molar-refractivity contribution in [3.63, 3.8) is 0 Å². The van der Waals surface area contributed by atoms with Crippen molar-refractivity contribution in [3.8, 4) is 0 Å². The zero-order valence-corrected chi connectivity index (χ0v) is 9.42. The smallest absolute Gasteiger partial charge is 0.0501 e. The van der Waals surface area contributed by atoms with Gasteiger partial charge in [-0.1, -0.05) is 25.5 Å². The van der Waals surface area contributed by atoms with Gasteiger partial charge in [-0.15, -0.1) is 0 Å². The number of aliphatic hydroxyl groups excluding tert-OH is 1. The van der Waals surface area contributed by atoms with Crippen LogP contribution in [0.15, 0.2) is 11.6 Å². The van der Waals surface area contributed by atoms with E-state index in [-0.39, 0.29) is 0 Å². The van der Waals surface area contributed by atoms with E-state index < -0.39 is 0 Å². The molecule has 2 rings (SSSR count). The van der Waals surface area contributed by atoms with E-state index in [1.807, 2.05) is 0 Å². The third-order valence-corrected chi connectivity index (χ3v) is 4.27. The zero-order chi connectivity index (χ0) is 10.2. The van der Waals surface area contributed by atoms with Crippen LogP contribution in [0.4, 0.5) is 0 Å². The van der Waals surface area contributed by atoms with E-state index in [9.17, 15) is 5.11 Å². The van der Waals surface area contributed by atoms with Gasteiger partial charge >= 0.3 is 0 Å². The van der Waals surface area contributed by atoms with Crippen molar-refractivity contribution >= 4 is 0 Å². The topological polar surface area (TPSA) is 20.2 Å². The Balaban J connectivity index is 2.25. The molecule has 0 saturated heterocycles. The van der Waals surface area contributed by atoms with Crippen LogP contribution in [-0.2, 0) is 0 Å². The number of hydrogen-bond donors (Lipinski definition) is 1. The Bertz CT molecular complexity index is 240. The minimum Gasteiger partial charge on any atom is -0.396 e. The molecule has 0 radical (unpaired) electrons. The van der Waals surface area contributed by atoms with Crippen LogP contribution in [0.1, 0.15) is 46.0 Å². The Morgan fingerprint density at radius 3 is 2.93 bits per heavy atom. The fourth-order valence-electron chi connectivity index (χ4n) is 3.23. The number of aliphatic hydroxyl groups is 1. The second-order valence-corrected chi connectivity index (χ2v) is 5.59. The maximum atomic E-state index is 9.52. The van der Waals surface area contributed by atoms with Gasteiger partial charge in [-0.3, -0.25) is 0 Å². The van der Waals surface area contributed by atoms with Crippen LogP contribution < -0.4 is 0 Å². The molecule has 0 aromatic rings. The number of allylic oxidation sites excluding steroid dienone is 1. The summed E-state index contributed by atoms with van der Waals surface area (Å²) < 4.78 is 0. The summed E-state index contributed by atoms with van der Waals surface area (Å²) in [6.07, 6.45) is 8.98. The number of hydrogen-bond acceptors (Lipinski definition) is 1. The molecule has 0 aromatic heterocycles. The summed E-state index contributed by atoms with van der Waals surface area (Å²) in [4.78, 5) is 0. The first-order chi connectivity index (χ1) is 6.65. The summed E-state index contributed by atoms with van der Waals surface area (Å²) >= 11 is 0. The van der Waals surface area contributed by atoms with Crippen molar-refractivity contribution in [2.24, 2.45) is 17.3 Å². The van der Waals surface area contributed by atoms with E-state index in [0.717, 1.165) is 5.92 Å². The molecule has 14 heavy (non-hydrogen) atoms. The van der Waals surface area contributed by atoms with Crippen LogP contribution in [0, 0.1) is 17.3 Å². The van der Waals surface area contributed by atoms with Gasteiger partial charge in [-0.2, -0.15) is 0 Å². The monoisotopic (exact) mass is 194 g/mol. The largest absolute Gasteiger partial charge is 0.396 e. The lowest BCUT2D eigenvalue weighted by molar-refractivity contribution is 0.0905. The predicted molar refractivity (Wildman–Crippen MR) is 59.0 cm³/mol. The van der Waals surface area contributed by atoms with E-state index >= 15 is 0 Å². The van der Waals surface area contributed by atoms with Gasteiger partial charge in [0, 0.05) is 5.92 Å². The fourth-order valence-corrected chi connectivity index (χ4v) is 3.23. The molecule has 0 spiro atoms. The van der Waals surface area contributed by atoms with E-state index in [1.54, 1.807) is 5.57 Å². The maximum Gasteiger partial charge on any atom is 0.0501 e. The molecule has 1 nitrogen and oxygen atoms in total. The van der Waals surface area contributed by atoms with Crippen LogP contribution in [0.2, 0.25) is 0 Å². The second kappa shape index (κ2) is 3.69. The Hall–Kier alpha value is -0.300. The number of fused-ring (bicyclic) bond motifs is 1. The van der Waals surface area contributed by atoms with Crippen molar-refractivity contribution in [1.82, 2.24) is 0 Å². The third kappa shape index (κ3) is 1.63. The maximum absolute atomic E-state index is 9.52. The average Bonchev–Trinajstić information content (AvgIpc) is 2.17. The Morgan fingerprint density at radius 1 is 1.43 bits per heavy atom. The zero-order valence-electron chi connectivity index (χ0n) is 9.42. The molecule has 2 aliphatic rings. The minimum atomic E-state index is 0.314. The molecule has 1 heteroatoms. The standard InChI is InChI=1S/C13H22O/c1-13(2)8-7-10-5-3-4-6-11(10)12(13)9-14/h6,10,12,14H,3-5,7-9H2,1-2H3. The van der Waals surface area contributed by atoms with Crippen LogP contribution in [0.5, 0.6) is 0 Å². The van der Waals surface area contributed by atoms with Crippen molar-refractivity contribution in [2.45, 2.75) is 46.0 Å². The van der Waals surface area contributed by atoms with Gasteiger partial charge in [-0.25, -0.2) is 0 Å². The Morgan fingerprint density at radius 2 is 2.21 bits per heavy atom. The number of rotatable bonds is 1. The first kappa shape index (κ1) is 10.2. The average molecular weight is 194 g/mol. The lowest BCUT2D eigenvalue weighted by atomic mass is 9.61. The predicted octanol–water partition coefficient (Wildman–Crippen LogP) is 3.14. The summed E-state index contributed by atoms with van der Waals surface area (Å²) in [6, 6.07) is 0. The normalized spacial score (nSPS) is 36.1. The highest BCUT2D eigenvalue weighted by Gasteiger charge is 2.39. The molecule has 2 unspecified atom stereocenters. The van der Waals surface area contributed by atoms with Crippen LogP contribution in [0.25, 0.3) is 0 Å². The second-order valence-electron chi connectivity index (χ2n) is 5.59. The van der Waals surface area contributed by atoms with Gasteiger partial charge in [0.1, 0.15) is 0 Å². The SMILES string of the molecule is CC1(C)CCC2CCCC=C2C1CO. The summed E-state index contributed by atoms with van der Waals surface area (Å²) in [5.41, 5.74) is 1.89. The van der Waals surface area contributed by atoms with Crippen molar-refractivity contribution < 1.29 is 5.11 Å². The van der Waals surface area contributed by atoms with Crippen molar-refractivity contribution in [3.05, 3.63) is 11.6 Å². The molecule has 80 valence electrons. The van der Waals surface area contributed by atoms with Gasteiger partial charge in [-0.05, 0) is 43.4 Å². The summed E-state index contributed by atoms with van der Waals surface area (Å²) in [5.74, 6) is 1.23. The van der Waals surface area contributed by atoms with Gasteiger partial charge in [0.2, 0.25) is 0 Å². The van der Waals surface area contributed by atoms with Gasteiger partial charge in [0.15, 0.2) is 0 Å². The van der Waals surface area contributed by atoms with Gasteiger partial charge in [0.25, 0.3) is 0 Å². The van der Waals surface area contributed by atoms with Gasteiger partial charge in [0.05, 0.1) is 6.61 Å². The molecule has 1 fully saturated rings. The lowest BCUT2D eigenvalue weighted by Crippen LogP contribution is -2.37. The van der Waals surface area contributed by atoms with Gasteiger partial charge < -0.3 is 5.11 Å². The Kier molecular flexibility index (Phi) is 2.70. The summed E-state index contributed by atoms with van der Waals surface area (Å²) in [5, 5.41) is 9.52. The highest BCUT2D eigenvalue weighted by molar-refractivity contribution is 5.19. The molecular weight excluding hydrogens is 172 g/mol. The molecule has 1 saturated carbocycles.